The largest absolute Gasteiger partial charge is 0.508 e. The third kappa shape index (κ3) is 198. The maximum atomic E-state index is 8.63. The Labute approximate surface area is 648 Å². The van der Waals surface area contributed by atoms with E-state index >= 15 is 0 Å². The molecule has 0 atom stereocenters. The average molecular weight is 1440 g/mol. The molecule has 0 saturated heterocycles. The van der Waals surface area contributed by atoms with Gasteiger partial charge in [0.05, 0.1) is 0 Å². The number of phenolic OH excluding ortho intramolecular Hbond substituents is 5. The molecule has 0 saturated carbocycles. The summed E-state index contributed by atoms with van der Waals surface area (Å²) in [6, 6.07) is 104. The summed E-state index contributed by atoms with van der Waals surface area (Å²) in [5, 5.41) is 43.2. The fourth-order valence-electron chi connectivity index (χ4n) is 4.42. The van der Waals surface area contributed by atoms with E-state index in [0.717, 1.165) is 0 Å². The summed E-state index contributed by atoms with van der Waals surface area (Å²) in [5.41, 5.74) is 0. The predicted octanol–water partition coefficient (Wildman–Crippen LogP) is 34.1. The fourth-order valence-corrected chi connectivity index (χ4v) is 4.42. The molecule has 5 heteroatoms. The Morgan fingerprint density at radius 3 is 0.221 bits per heavy atom. The normalized spacial score (nSPS) is 7.27. The highest BCUT2D eigenvalue weighted by Gasteiger charge is 1.78. The fraction of sp³-hybridized carbons (Fsp3) is 0.394. The van der Waals surface area contributed by atoms with Crippen LogP contribution < -0.4 is 0 Å². The molecule has 0 aliphatic carbocycles. The molecular formula is C99H166O5. The van der Waals surface area contributed by atoms with Crippen molar-refractivity contribution in [3.63, 3.8) is 0 Å². The summed E-state index contributed by atoms with van der Waals surface area (Å²) in [7, 11) is 0. The van der Waals surface area contributed by atoms with E-state index in [4.69, 9.17) is 25.5 Å². The number of aromatic hydroxyl groups is 5. The number of hydrogen-bond acceptors (Lipinski definition) is 5. The van der Waals surface area contributed by atoms with Crippen LogP contribution in [0.1, 0.15) is 264 Å². The summed E-state index contributed by atoms with van der Waals surface area (Å²) in [6.45, 7) is 58.4. The van der Waals surface area contributed by atoms with E-state index in [1.54, 1.807) is 121 Å². The zero-order valence-electron chi connectivity index (χ0n) is 72.3. The Hall–Kier alpha value is -8.80. The van der Waals surface area contributed by atoms with E-state index in [1.807, 2.05) is 282 Å². The summed E-state index contributed by atoms with van der Waals surface area (Å²) < 4.78 is 0. The maximum absolute atomic E-state index is 8.63. The quantitative estimate of drug-likeness (QED) is 0.119. The first kappa shape index (κ1) is 128. The van der Waals surface area contributed by atoms with Gasteiger partial charge in [-0.15, -0.1) is 0 Å². The third-order valence-electron chi connectivity index (χ3n) is 7.82. The van der Waals surface area contributed by atoms with Crippen LogP contribution in [-0.2, 0) is 0 Å². The van der Waals surface area contributed by atoms with E-state index in [-0.39, 0.29) is 0 Å². The van der Waals surface area contributed by atoms with Crippen molar-refractivity contribution in [2.75, 3.05) is 0 Å². The molecule has 0 aliphatic heterocycles. The molecule has 0 fully saturated rings. The number of rotatable bonds is 2. The van der Waals surface area contributed by atoms with Gasteiger partial charge in [-0.1, -0.05) is 537 Å². The zero-order chi connectivity index (χ0) is 82.6. The minimum atomic E-state index is 0.322. The van der Waals surface area contributed by atoms with Crippen LogP contribution in [0.15, 0.2) is 334 Å². The monoisotopic (exact) mass is 1440 g/mol. The third-order valence-corrected chi connectivity index (χ3v) is 7.82. The van der Waals surface area contributed by atoms with E-state index < -0.39 is 0 Å². The lowest BCUT2D eigenvalue weighted by atomic mass is 10.3. The van der Waals surface area contributed by atoms with Gasteiger partial charge in [0.2, 0.25) is 0 Å². The second-order valence-corrected chi connectivity index (χ2v) is 19.5. The Morgan fingerprint density at radius 1 is 0.135 bits per heavy atom. The van der Waals surface area contributed by atoms with Gasteiger partial charge in [-0.2, -0.15) is 0 Å². The van der Waals surface area contributed by atoms with Crippen LogP contribution in [0.3, 0.4) is 0 Å². The molecule has 0 heterocycles. The second kappa shape index (κ2) is 157. The van der Waals surface area contributed by atoms with Gasteiger partial charge in [-0.05, 0) is 60.7 Å². The van der Waals surface area contributed by atoms with Gasteiger partial charge in [0, 0.05) is 0 Å². The van der Waals surface area contributed by atoms with E-state index in [0.29, 0.717) is 28.7 Å². The molecule has 10 aromatic carbocycles. The van der Waals surface area contributed by atoms with Gasteiger partial charge >= 0.3 is 0 Å². The topological polar surface area (TPSA) is 101 Å². The molecule has 0 radical (unpaired) electrons. The Morgan fingerprint density at radius 2 is 0.192 bits per heavy atom. The average Bonchev–Trinajstić information content (AvgIpc) is 1.85. The molecule has 5 nitrogen and oxygen atoms in total. The summed E-state index contributed by atoms with van der Waals surface area (Å²) in [6.07, 6.45) is 14.1. The molecule has 5 N–H and O–H groups in total. The second-order valence-electron chi connectivity index (χ2n) is 19.5. The Kier molecular flexibility index (Phi) is 193. The molecule has 0 aliphatic rings. The highest BCUT2D eigenvalue weighted by molar-refractivity contribution is 5.21. The number of phenols is 5. The lowest BCUT2D eigenvalue weighted by molar-refractivity contribution is 0.475. The summed E-state index contributed by atoms with van der Waals surface area (Å²) in [4.78, 5) is 0. The van der Waals surface area contributed by atoms with Crippen molar-refractivity contribution >= 4 is 0 Å². The Balaban J connectivity index is -0.0000000686. The van der Waals surface area contributed by atoms with Crippen LogP contribution in [0.25, 0.3) is 0 Å². The van der Waals surface area contributed by atoms with Gasteiger partial charge in [-0.25, -0.2) is 0 Å². The van der Waals surface area contributed by atoms with Crippen molar-refractivity contribution < 1.29 is 25.5 Å². The highest BCUT2D eigenvalue weighted by Crippen LogP contribution is 2.06. The molecule has 592 valence electrons. The maximum Gasteiger partial charge on any atom is 0.115 e. The first-order chi connectivity index (χ1) is 50.7. The molecule has 10 aromatic rings. The van der Waals surface area contributed by atoms with E-state index in [9.17, 15) is 0 Å². The SMILES string of the molecule is CC.CC.CC.CC.CC.CCC.CCC.CCC.CCC.CCC.CCC.CCC.CCC.CCCCC.Oc1ccccc1.Oc1ccccc1.Oc1ccccc1.Oc1ccccc1.Oc1ccccc1.c1ccccc1.c1ccccc1.c1ccccc1.c1ccccc1.c1ccccc1. The lowest BCUT2D eigenvalue weighted by Crippen LogP contribution is -1.59. The van der Waals surface area contributed by atoms with Crippen molar-refractivity contribution in [3.05, 3.63) is 334 Å². The van der Waals surface area contributed by atoms with Gasteiger partial charge in [0.1, 0.15) is 28.7 Å². The molecule has 10 rings (SSSR count). The number of unbranched alkanes of at least 4 members (excludes halogenated alkanes) is 2. The number of benzene rings is 10. The Bertz CT molecular complexity index is 1950. The molecule has 0 amide bonds. The van der Waals surface area contributed by atoms with Crippen molar-refractivity contribution in [1.29, 1.82) is 0 Å². The van der Waals surface area contributed by atoms with Gasteiger partial charge in [-0.3, -0.25) is 0 Å². The minimum absolute atomic E-state index is 0.322. The number of para-hydroxylation sites is 5. The van der Waals surface area contributed by atoms with Gasteiger partial charge < -0.3 is 25.5 Å². The summed E-state index contributed by atoms with van der Waals surface area (Å²) >= 11 is 0. The van der Waals surface area contributed by atoms with Crippen LogP contribution in [-0.4, -0.2) is 25.5 Å². The zero-order valence-corrected chi connectivity index (χ0v) is 72.3. The molecule has 0 unspecified atom stereocenters. The first-order valence-electron chi connectivity index (χ1n) is 39.4. The lowest BCUT2D eigenvalue weighted by Gasteiger charge is -1.82. The molecule has 0 aromatic heterocycles. The number of hydrogen-bond donors (Lipinski definition) is 5. The van der Waals surface area contributed by atoms with Gasteiger partial charge in [0.15, 0.2) is 0 Å². The first-order valence-corrected chi connectivity index (χ1v) is 39.4. The molecular weight excluding hydrogens is 1270 g/mol. The minimum Gasteiger partial charge on any atom is -0.508 e. The van der Waals surface area contributed by atoms with Crippen LogP contribution in [0, 0.1) is 0 Å². The van der Waals surface area contributed by atoms with Crippen molar-refractivity contribution in [2.45, 2.75) is 264 Å². The predicted molar refractivity (Wildman–Crippen MR) is 482 cm³/mol. The smallest absolute Gasteiger partial charge is 0.115 e. The molecule has 104 heavy (non-hydrogen) atoms. The molecule has 0 spiro atoms. The summed E-state index contributed by atoms with van der Waals surface area (Å²) in [5.74, 6) is 1.61. The van der Waals surface area contributed by atoms with E-state index in [2.05, 4.69) is 125 Å². The van der Waals surface area contributed by atoms with Crippen LogP contribution in [0.4, 0.5) is 0 Å². The van der Waals surface area contributed by atoms with Crippen molar-refractivity contribution in [3.8, 4) is 28.7 Å². The van der Waals surface area contributed by atoms with Crippen LogP contribution in [0.5, 0.6) is 28.7 Å². The highest BCUT2D eigenvalue weighted by atomic mass is 16.3. The van der Waals surface area contributed by atoms with E-state index in [1.165, 1.54) is 70.6 Å². The van der Waals surface area contributed by atoms with Gasteiger partial charge in [0.25, 0.3) is 0 Å². The van der Waals surface area contributed by atoms with Crippen molar-refractivity contribution in [2.24, 2.45) is 0 Å². The standard InChI is InChI=1S/5C6H6O.5C6H6.C5H12.8C3H8.5C2H6/c5*7-6-4-2-1-3-5-6;5*1-2-4-6-5-3-1;1-3-5-4-2;8*1-3-2;5*1-2/h5*1-5,7H;5*1-6H;3-5H2,1-2H3;8*3H2,1-2H3;5*1-2H3. The molecule has 0 bridgehead atoms. The van der Waals surface area contributed by atoms with Crippen LogP contribution >= 0.6 is 0 Å². The van der Waals surface area contributed by atoms with Crippen molar-refractivity contribution in [1.82, 2.24) is 0 Å². The van der Waals surface area contributed by atoms with Crippen LogP contribution in [0.2, 0.25) is 0 Å².